The van der Waals surface area contributed by atoms with Crippen LogP contribution >= 0.6 is 0 Å². The second kappa shape index (κ2) is 20.4. The molecule has 0 amide bonds. The van der Waals surface area contributed by atoms with E-state index in [0.717, 1.165) is 68.9 Å². The Morgan fingerprint density at radius 3 is 2.34 bits per heavy atom. The smallest absolute Gasteiger partial charge is 0.339 e. The first-order valence-electron chi connectivity index (χ1n) is 24.7. The highest BCUT2D eigenvalue weighted by atomic mass is 16.6. The van der Waals surface area contributed by atoms with E-state index in [-0.39, 0.29) is 48.9 Å². The van der Waals surface area contributed by atoms with Crippen molar-refractivity contribution >= 4 is 22.9 Å². The Kier molecular flexibility index (Phi) is 14.2. The van der Waals surface area contributed by atoms with Gasteiger partial charge in [-0.25, -0.2) is 9.59 Å². The number of rotatable bonds is 9. The van der Waals surface area contributed by atoms with Crippen LogP contribution in [0.2, 0.25) is 0 Å². The fourth-order valence-corrected chi connectivity index (χ4v) is 11.9. The van der Waals surface area contributed by atoms with E-state index in [4.69, 9.17) is 23.4 Å². The summed E-state index contributed by atoms with van der Waals surface area (Å²) in [6, 6.07) is 33.8. The first-order valence-corrected chi connectivity index (χ1v) is 24.7. The minimum atomic E-state index is -1.14. The molecule has 2 aliphatic carbocycles. The molecule has 1 N–H and O–H groups in total. The molecule has 5 aromatic rings. The lowest BCUT2D eigenvalue weighted by molar-refractivity contribution is -0.201. The third-order valence-electron chi connectivity index (χ3n) is 15.6. The lowest BCUT2D eigenvalue weighted by atomic mass is 9.68. The molecule has 4 heterocycles. The second-order valence-electron chi connectivity index (χ2n) is 20.1. The number of carbonyl (C=O) groups excluding carboxylic acids is 2. The number of fused-ring (bicyclic) bond motifs is 11. The van der Waals surface area contributed by atoms with E-state index in [9.17, 15) is 14.7 Å². The lowest BCUT2D eigenvalue weighted by Gasteiger charge is -2.50. The number of benzene rings is 4. The van der Waals surface area contributed by atoms with Crippen LogP contribution in [0.1, 0.15) is 154 Å². The Balaban J connectivity index is 1.15. The van der Waals surface area contributed by atoms with Gasteiger partial charge in [-0.15, -0.1) is 0 Å². The standard InChI is InChI=1S/C58H66O9/c1-36(2)47-25-20-37-18-21-40(22-19-37)48-26-23-42(41-15-11-14-39(31-41)30-38-12-7-5-8-13-38)32-45(48)34-51(60)64-54-52-50(67-58(3,55(54)66-56(47)61)46-16-9-6-10-17-46)27-24-43-33-49(57(62)65-53(43)52)44(28-29-59)35-63-4/h5,7-8,11-15,18-19,21-22,24,27,31,33,42,44-46,48,54-55,59H,6,9-10,16-17,20,23,25-26,28-30,32,34-35H2,1-4H3. The molecule has 7 unspecified atom stereocenters. The Bertz CT molecular complexity index is 2630. The highest BCUT2D eigenvalue weighted by Gasteiger charge is 2.56. The topological polar surface area (TPSA) is 122 Å². The van der Waals surface area contributed by atoms with Crippen LogP contribution in [-0.2, 0) is 36.6 Å². The van der Waals surface area contributed by atoms with E-state index in [0.29, 0.717) is 47.1 Å². The van der Waals surface area contributed by atoms with E-state index in [1.807, 2.05) is 39.0 Å². The van der Waals surface area contributed by atoms with Gasteiger partial charge in [0.1, 0.15) is 16.9 Å². The Labute approximate surface area is 394 Å². The van der Waals surface area contributed by atoms with E-state index >= 15 is 4.79 Å². The summed E-state index contributed by atoms with van der Waals surface area (Å²) in [5.74, 6) is -0.492. The van der Waals surface area contributed by atoms with Gasteiger partial charge in [0, 0.05) is 48.5 Å². The molecule has 0 saturated heterocycles. The van der Waals surface area contributed by atoms with Crippen molar-refractivity contribution in [2.24, 2.45) is 11.8 Å². The van der Waals surface area contributed by atoms with E-state index < -0.39 is 41.3 Å². The van der Waals surface area contributed by atoms with Crippen molar-refractivity contribution in [2.45, 2.75) is 140 Å². The second-order valence-corrected chi connectivity index (χ2v) is 20.1. The molecule has 9 heteroatoms. The number of hydrogen-bond acceptors (Lipinski definition) is 9. The molecule has 10 rings (SSSR count). The lowest BCUT2D eigenvalue weighted by Crippen LogP contribution is -2.58. The van der Waals surface area contributed by atoms with Crippen LogP contribution in [0.25, 0.3) is 11.0 Å². The Morgan fingerprint density at radius 2 is 1.60 bits per heavy atom. The van der Waals surface area contributed by atoms with E-state index in [2.05, 4.69) is 72.8 Å². The maximum Gasteiger partial charge on any atom is 0.339 e. The number of allylic oxidation sites excluding steroid dienone is 1. The van der Waals surface area contributed by atoms with Gasteiger partial charge < -0.3 is 28.5 Å². The molecule has 4 aromatic carbocycles. The van der Waals surface area contributed by atoms with Crippen molar-refractivity contribution in [1.29, 1.82) is 0 Å². The summed E-state index contributed by atoms with van der Waals surface area (Å²) in [5.41, 5.74) is 6.94. The van der Waals surface area contributed by atoms with Gasteiger partial charge in [-0.3, -0.25) is 4.79 Å². The van der Waals surface area contributed by atoms with Gasteiger partial charge in [0.2, 0.25) is 0 Å². The number of aliphatic hydroxyl groups is 1. The molecule has 0 radical (unpaired) electrons. The molecule has 3 aliphatic heterocycles. The zero-order chi connectivity index (χ0) is 46.7. The van der Waals surface area contributed by atoms with Crippen LogP contribution in [-0.4, -0.2) is 49.1 Å². The van der Waals surface area contributed by atoms with Gasteiger partial charge in [0.25, 0.3) is 0 Å². The average Bonchev–Trinajstić information content (AvgIpc) is 3.33. The summed E-state index contributed by atoms with van der Waals surface area (Å²) >= 11 is 0. The van der Waals surface area contributed by atoms with Crippen molar-refractivity contribution in [1.82, 2.24) is 0 Å². The number of carbonyl (C=O) groups is 2. The van der Waals surface area contributed by atoms with Crippen molar-refractivity contribution in [3.63, 3.8) is 0 Å². The van der Waals surface area contributed by atoms with Gasteiger partial charge in [0.15, 0.2) is 12.2 Å². The van der Waals surface area contributed by atoms with Crippen LogP contribution in [0.3, 0.4) is 0 Å². The fourth-order valence-electron chi connectivity index (χ4n) is 11.9. The third kappa shape index (κ3) is 9.91. The fraction of sp³-hybridized carbons (Fsp3) is 0.466. The summed E-state index contributed by atoms with van der Waals surface area (Å²) in [4.78, 5) is 44.0. The zero-order valence-corrected chi connectivity index (χ0v) is 39.6. The molecular weight excluding hydrogens is 841 g/mol. The van der Waals surface area contributed by atoms with Gasteiger partial charge in [0.05, 0.1) is 12.2 Å². The zero-order valence-electron chi connectivity index (χ0n) is 39.6. The molecule has 9 nitrogen and oxygen atoms in total. The van der Waals surface area contributed by atoms with Crippen LogP contribution in [0.5, 0.6) is 5.75 Å². The molecule has 1 aromatic heterocycles. The van der Waals surface area contributed by atoms with Crippen molar-refractivity contribution in [3.8, 4) is 5.75 Å². The van der Waals surface area contributed by atoms with Crippen molar-refractivity contribution in [2.75, 3.05) is 20.3 Å². The molecule has 5 aliphatic rings. The quantitative estimate of drug-likeness (QED) is 0.0875. The average molecular weight is 907 g/mol. The molecular formula is C58H66O9. The predicted molar refractivity (Wildman–Crippen MR) is 259 cm³/mol. The van der Waals surface area contributed by atoms with E-state index in [1.165, 1.54) is 22.3 Å². The Hall–Kier alpha value is -5.51. The maximum atomic E-state index is 15.1. The van der Waals surface area contributed by atoms with Gasteiger partial charge in [-0.1, -0.05) is 104 Å². The first kappa shape index (κ1) is 46.6. The van der Waals surface area contributed by atoms with Gasteiger partial charge >= 0.3 is 17.6 Å². The van der Waals surface area contributed by atoms with Gasteiger partial charge in [-0.2, -0.15) is 0 Å². The third-order valence-corrected chi connectivity index (χ3v) is 15.6. The highest BCUT2D eigenvalue weighted by Crippen LogP contribution is 2.53. The van der Waals surface area contributed by atoms with Crippen molar-refractivity contribution in [3.05, 3.63) is 158 Å². The Morgan fingerprint density at radius 1 is 0.821 bits per heavy atom. The number of methoxy groups -OCH3 is 1. The largest absolute Gasteiger partial charge is 0.483 e. The number of aryl methyl sites for hydroxylation is 1. The van der Waals surface area contributed by atoms with Crippen molar-refractivity contribution < 1.29 is 38.1 Å². The summed E-state index contributed by atoms with van der Waals surface area (Å²) < 4.78 is 32.6. The maximum absolute atomic E-state index is 15.1. The number of esters is 2. The number of hydrogen-bond donors (Lipinski definition) is 1. The molecule has 7 atom stereocenters. The van der Waals surface area contributed by atoms with Crippen LogP contribution in [0.4, 0.5) is 0 Å². The molecule has 0 spiro atoms. The summed E-state index contributed by atoms with van der Waals surface area (Å²) in [5, 5.41) is 10.5. The summed E-state index contributed by atoms with van der Waals surface area (Å²) in [6.45, 7) is 5.98. The predicted octanol–water partition coefficient (Wildman–Crippen LogP) is 11.8. The number of ether oxygens (including phenoxy) is 4. The molecule has 2 saturated carbocycles. The van der Waals surface area contributed by atoms with Crippen LogP contribution in [0.15, 0.2) is 117 Å². The SMILES string of the molecule is COCC(CCO)c1cc2ccc3c(c2oc1=O)C1OC(=O)CC2CC(c4cccc(Cc5ccccc5)c4)CCC2c2ccc(cc2)CCC(=C(C)C)C(=O)OC1C(C)(C1CCCCC1)O3. The molecule has 67 heavy (non-hydrogen) atoms. The number of aliphatic hydroxyl groups excluding tert-OH is 1. The van der Waals surface area contributed by atoms with E-state index in [1.54, 1.807) is 13.2 Å². The minimum Gasteiger partial charge on any atom is -0.483 e. The van der Waals surface area contributed by atoms with Crippen LogP contribution < -0.4 is 10.4 Å². The summed E-state index contributed by atoms with van der Waals surface area (Å²) in [7, 11) is 1.56. The molecule has 2 bridgehead atoms. The minimum absolute atomic E-state index is 0.00776. The molecule has 2 fully saturated rings. The molecule has 352 valence electrons. The highest BCUT2D eigenvalue weighted by molar-refractivity contribution is 5.90. The monoisotopic (exact) mass is 906 g/mol. The first-order chi connectivity index (χ1) is 32.5. The van der Waals surface area contributed by atoms with Gasteiger partial charge in [-0.05, 0) is 142 Å². The normalized spacial score (nSPS) is 25.3. The van der Waals surface area contributed by atoms with Crippen LogP contribution in [0, 0.1) is 11.8 Å². The summed E-state index contributed by atoms with van der Waals surface area (Å²) in [6.07, 6.45) is 7.81.